The normalized spacial score (nSPS) is 21.5. The Morgan fingerprint density at radius 1 is 1.13 bits per heavy atom. The molecular weight excluding hydrogens is 392 g/mol. The molecule has 5 rings (SSSR count). The van der Waals surface area contributed by atoms with E-state index in [1.54, 1.807) is 0 Å². The summed E-state index contributed by atoms with van der Waals surface area (Å²) >= 11 is 0. The van der Waals surface area contributed by atoms with Crippen molar-refractivity contribution in [1.29, 1.82) is 0 Å². The van der Waals surface area contributed by atoms with E-state index in [9.17, 15) is 4.79 Å². The van der Waals surface area contributed by atoms with Crippen molar-refractivity contribution in [3.8, 4) is 11.4 Å². The molecule has 2 saturated heterocycles. The lowest BCUT2D eigenvalue weighted by Crippen LogP contribution is -2.40. The summed E-state index contributed by atoms with van der Waals surface area (Å²) < 4.78 is 7.64. The highest BCUT2D eigenvalue weighted by Gasteiger charge is 2.44. The molecule has 0 N–H and O–H groups in total. The molecule has 0 bridgehead atoms. The highest BCUT2D eigenvalue weighted by atomic mass is 16.5. The molecule has 2 aliphatic heterocycles. The molecule has 0 saturated carbocycles. The van der Waals surface area contributed by atoms with Gasteiger partial charge in [-0.3, -0.25) is 9.48 Å². The third-order valence-electron chi connectivity index (χ3n) is 6.45. The molecule has 1 aromatic carbocycles. The van der Waals surface area contributed by atoms with E-state index in [1.165, 1.54) is 0 Å². The van der Waals surface area contributed by atoms with Crippen LogP contribution in [0.3, 0.4) is 0 Å². The first kappa shape index (κ1) is 20.0. The Balaban J connectivity index is 1.31. The lowest BCUT2D eigenvalue weighted by atomic mass is 9.95. The second kappa shape index (κ2) is 7.07. The summed E-state index contributed by atoms with van der Waals surface area (Å²) in [6.07, 6.45) is 1.89. The quantitative estimate of drug-likeness (QED) is 0.641. The van der Waals surface area contributed by atoms with Crippen molar-refractivity contribution in [1.82, 2.24) is 24.8 Å². The summed E-state index contributed by atoms with van der Waals surface area (Å²) in [5.74, 6) is 1.75. The van der Waals surface area contributed by atoms with Gasteiger partial charge in [0.1, 0.15) is 0 Å². The van der Waals surface area contributed by atoms with Gasteiger partial charge in [-0.05, 0) is 19.9 Å². The summed E-state index contributed by atoms with van der Waals surface area (Å²) in [4.78, 5) is 21.5. The van der Waals surface area contributed by atoms with Crippen LogP contribution in [-0.4, -0.2) is 56.9 Å². The van der Waals surface area contributed by atoms with E-state index in [0.717, 1.165) is 42.6 Å². The molecule has 2 aromatic heterocycles. The SMILES string of the molecule is CC(C)n1ncc2ccc(-c3noc(N4C[C@H]5CN(C(=O)C(C)(C)C)C[C@H]5C4)n3)cc21. The first-order valence-corrected chi connectivity index (χ1v) is 11.1. The minimum absolute atomic E-state index is 0.240. The fourth-order valence-electron chi connectivity index (χ4n) is 4.84. The highest BCUT2D eigenvalue weighted by Crippen LogP contribution is 2.36. The monoisotopic (exact) mass is 422 g/mol. The maximum atomic E-state index is 12.6. The maximum Gasteiger partial charge on any atom is 0.324 e. The minimum atomic E-state index is -0.328. The van der Waals surface area contributed by atoms with Gasteiger partial charge in [-0.2, -0.15) is 10.1 Å². The van der Waals surface area contributed by atoms with E-state index >= 15 is 0 Å². The van der Waals surface area contributed by atoms with Crippen LogP contribution in [0.25, 0.3) is 22.3 Å². The fraction of sp³-hybridized carbons (Fsp3) is 0.565. The molecule has 2 aliphatic rings. The number of nitrogens with zero attached hydrogens (tertiary/aromatic N) is 6. The Hall–Kier alpha value is -2.90. The van der Waals surface area contributed by atoms with Crippen molar-refractivity contribution in [2.24, 2.45) is 17.3 Å². The Labute approximate surface area is 182 Å². The number of anilines is 1. The highest BCUT2D eigenvalue weighted by molar-refractivity contribution is 5.83. The fourth-order valence-corrected chi connectivity index (χ4v) is 4.84. The number of rotatable bonds is 3. The standard InChI is InChI=1S/C23H30N6O2/c1-14(2)29-19-8-15(6-7-16(19)9-24-29)20-25-22(31-26-20)28-12-17-10-27(11-18(17)13-28)21(30)23(3,4)5/h6-9,14,17-18H,10-13H2,1-5H3/t17-,18+. The van der Waals surface area contributed by atoms with Gasteiger partial charge in [0.05, 0.1) is 11.7 Å². The van der Waals surface area contributed by atoms with E-state index in [4.69, 9.17) is 4.52 Å². The first-order chi connectivity index (χ1) is 14.7. The molecule has 2 fully saturated rings. The Morgan fingerprint density at radius 3 is 2.48 bits per heavy atom. The topological polar surface area (TPSA) is 80.3 Å². The van der Waals surface area contributed by atoms with Gasteiger partial charge in [-0.1, -0.05) is 38.1 Å². The molecular formula is C23H30N6O2. The van der Waals surface area contributed by atoms with Crippen LogP contribution in [0.15, 0.2) is 28.9 Å². The third-order valence-corrected chi connectivity index (χ3v) is 6.45. The largest absolute Gasteiger partial charge is 0.342 e. The van der Waals surface area contributed by atoms with Gasteiger partial charge < -0.3 is 14.3 Å². The summed E-state index contributed by atoms with van der Waals surface area (Å²) in [7, 11) is 0. The van der Waals surface area contributed by atoms with Crippen molar-refractivity contribution < 1.29 is 9.32 Å². The maximum absolute atomic E-state index is 12.6. The van der Waals surface area contributed by atoms with E-state index in [1.807, 2.05) is 48.7 Å². The van der Waals surface area contributed by atoms with E-state index in [0.29, 0.717) is 23.7 Å². The molecule has 8 heteroatoms. The summed E-state index contributed by atoms with van der Waals surface area (Å²) in [6, 6.07) is 6.98. The minimum Gasteiger partial charge on any atom is -0.342 e. The molecule has 0 aliphatic carbocycles. The Kier molecular flexibility index (Phi) is 4.57. The van der Waals surface area contributed by atoms with Crippen molar-refractivity contribution in [2.45, 2.75) is 40.7 Å². The zero-order valence-corrected chi connectivity index (χ0v) is 18.9. The second-order valence-electron chi connectivity index (χ2n) is 10.2. The number of carbonyl (C=O) groups is 1. The van der Waals surface area contributed by atoms with Crippen molar-refractivity contribution in [3.05, 3.63) is 24.4 Å². The average molecular weight is 423 g/mol. The zero-order chi connectivity index (χ0) is 21.9. The Bertz CT molecular complexity index is 1110. The van der Waals surface area contributed by atoms with E-state index in [2.05, 4.69) is 40.1 Å². The lowest BCUT2D eigenvalue weighted by molar-refractivity contribution is -0.138. The van der Waals surface area contributed by atoms with Gasteiger partial charge in [-0.25, -0.2) is 0 Å². The van der Waals surface area contributed by atoms with Gasteiger partial charge in [0.15, 0.2) is 0 Å². The molecule has 3 aromatic rings. The van der Waals surface area contributed by atoms with Gasteiger partial charge in [-0.15, -0.1) is 0 Å². The molecule has 164 valence electrons. The van der Waals surface area contributed by atoms with Crippen LogP contribution in [0, 0.1) is 17.3 Å². The van der Waals surface area contributed by atoms with Crippen LogP contribution in [0.5, 0.6) is 0 Å². The van der Waals surface area contributed by atoms with Crippen LogP contribution in [0.1, 0.15) is 40.7 Å². The predicted octanol–water partition coefficient (Wildman–Crippen LogP) is 3.61. The Morgan fingerprint density at radius 2 is 1.84 bits per heavy atom. The van der Waals surface area contributed by atoms with Gasteiger partial charge in [0, 0.05) is 60.4 Å². The van der Waals surface area contributed by atoms with Gasteiger partial charge in [0.2, 0.25) is 11.7 Å². The molecule has 0 spiro atoms. The summed E-state index contributed by atoms with van der Waals surface area (Å²) in [5.41, 5.74) is 1.66. The number of likely N-dealkylation sites (tertiary alicyclic amines) is 1. The summed E-state index contributed by atoms with van der Waals surface area (Å²) in [6.45, 7) is 13.5. The molecule has 0 radical (unpaired) electrons. The molecule has 0 unspecified atom stereocenters. The average Bonchev–Trinajstić information content (AvgIpc) is 3.46. The zero-order valence-electron chi connectivity index (χ0n) is 18.9. The van der Waals surface area contributed by atoms with Crippen LogP contribution >= 0.6 is 0 Å². The predicted molar refractivity (Wildman–Crippen MR) is 119 cm³/mol. The number of benzene rings is 1. The summed E-state index contributed by atoms with van der Waals surface area (Å²) in [5, 5.41) is 9.82. The van der Waals surface area contributed by atoms with Crippen LogP contribution in [0.2, 0.25) is 0 Å². The second-order valence-corrected chi connectivity index (χ2v) is 10.2. The van der Waals surface area contributed by atoms with Crippen LogP contribution in [-0.2, 0) is 4.79 Å². The third kappa shape index (κ3) is 3.47. The van der Waals surface area contributed by atoms with Crippen molar-refractivity contribution >= 4 is 22.8 Å². The molecule has 8 nitrogen and oxygen atoms in total. The number of hydrogen-bond donors (Lipinski definition) is 0. The number of amides is 1. The smallest absolute Gasteiger partial charge is 0.324 e. The van der Waals surface area contributed by atoms with Gasteiger partial charge in [0.25, 0.3) is 0 Å². The first-order valence-electron chi connectivity index (χ1n) is 11.1. The number of carbonyl (C=O) groups excluding carboxylic acids is 1. The van der Waals surface area contributed by atoms with E-state index in [-0.39, 0.29) is 17.4 Å². The molecule has 1 amide bonds. The number of fused-ring (bicyclic) bond motifs is 2. The van der Waals surface area contributed by atoms with Crippen molar-refractivity contribution in [2.75, 3.05) is 31.1 Å². The van der Waals surface area contributed by atoms with Crippen LogP contribution < -0.4 is 4.90 Å². The van der Waals surface area contributed by atoms with Gasteiger partial charge >= 0.3 is 6.01 Å². The molecule has 2 atom stereocenters. The van der Waals surface area contributed by atoms with Crippen LogP contribution in [0.4, 0.5) is 6.01 Å². The van der Waals surface area contributed by atoms with E-state index < -0.39 is 0 Å². The molecule has 31 heavy (non-hydrogen) atoms. The lowest BCUT2D eigenvalue weighted by Gasteiger charge is -2.27. The van der Waals surface area contributed by atoms with Crippen molar-refractivity contribution in [3.63, 3.8) is 0 Å². The number of aromatic nitrogens is 4. The molecule has 4 heterocycles. The number of hydrogen-bond acceptors (Lipinski definition) is 6.